The van der Waals surface area contributed by atoms with Crippen LogP contribution < -0.4 is 15.2 Å². The number of aldehydes is 1. The number of aliphatic hydroxyl groups is 1. The summed E-state index contributed by atoms with van der Waals surface area (Å²) in [6, 6.07) is 10.1. The van der Waals surface area contributed by atoms with Crippen molar-refractivity contribution in [2.75, 3.05) is 20.0 Å². The summed E-state index contributed by atoms with van der Waals surface area (Å²) in [5.41, 5.74) is 6.47. The van der Waals surface area contributed by atoms with Gasteiger partial charge < -0.3 is 30.1 Å². The lowest BCUT2D eigenvalue weighted by atomic mass is 9.85. The number of hydrogen-bond donors (Lipinski definition) is 3. The number of sulfone groups is 1. The highest BCUT2D eigenvalue weighted by atomic mass is 32.2. The van der Waals surface area contributed by atoms with Gasteiger partial charge in [0.05, 0.1) is 23.2 Å². The smallest absolute Gasteiger partial charge is 0.204 e. The minimum absolute atomic E-state index is 0.102. The summed E-state index contributed by atoms with van der Waals surface area (Å²) in [6.45, 7) is 2.27. The maximum absolute atomic E-state index is 15.0. The maximum atomic E-state index is 15.0. The van der Waals surface area contributed by atoms with Crippen molar-refractivity contribution in [3.8, 4) is 17.2 Å². The number of aromatic amines is 1. The number of hydrogen-bond acceptors (Lipinski definition) is 7. The fourth-order valence-electron chi connectivity index (χ4n) is 5.01. The van der Waals surface area contributed by atoms with Crippen LogP contribution in [0.3, 0.4) is 0 Å². The van der Waals surface area contributed by atoms with Crippen LogP contribution in [0.4, 0.5) is 13.2 Å². The second kappa shape index (κ2) is 13.5. The molecule has 1 aliphatic rings. The largest absolute Gasteiger partial charge is 0.493 e. The molecule has 4 aromatic rings. The summed E-state index contributed by atoms with van der Waals surface area (Å²) in [4.78, 5) is 21.5. The molecule has 1 aromatic heterocycles. The van der Waals surface area contributed by atoms with Gasteiger partial charge in [-0.2, -0.15) is 4.39 Å². The van der Waals surface area contributed by atoms with Gasteiger partial charge in [-0.15, -0.1) is 0 Å². The number of rotatable bonds is 9. The summed E-state index contributed by atoms with van der Waals surface area (Å²) in [5, 5.41) is 6.90. The minimum Gasteiger partial charge on any atom is -0.493 e. The van der Waals surface area contributed by atoms with Crippen LogP contribution in [0.25, 0.3) is 10.9 Å². The Morgan fingerprint density at radius 3 is 2.64 bits per heavy atom. The van der Waals surface area contributed by atoms with E-state index in [0.717, 1.165) is 49.0 Å². The standard InChI is InChI=1S/C30H27F3N4O5S.CH4O/c1-30(11-14-41-26-17(6-4-13-38)5-3-7-21(26)30)37-16-36-29(34)20-15-18(8-9-22(20)31)42-27-24(33)23(32)25-19(10-12-35-25)28(27)43(2,39)40;1-2/h3,5,7-10,12-13,15-16,35H,4,6,11,14H2,1-2H3,(H2,34,36,37);2H,1H3. The van der Waals surface area contributed by atoms with Gasteiger partial charge in [0.2, 0.25) is 5.82 Å². The summed E-state index contributed by atoms with van der Waals surface area (Å²) in [5.74, 6) is -4.37. The van der Waals surface area contributed by atoms with Crippen LogP contribution in [-0.2, 0) is 26.6 Å². The number of fused-ring (bicyclic) bond motifs is 2. The van der Waals surface area contributed by atoms with Gasteiger partial charge in [-0.05, 0) is 43.2 Å². The van der Waals surface area contributed by atoms with Crippen LogP contribution in [0.2, 0.25) is 0 Å². The van der Waals surface area contributed by atoms with E-state index in [2.05, 4.69) is 15.0 Å². The number of aliphatic imine (C=N–C) groups is 2. The number of para-hydroxylation sites is 1. The molecule has 0 radical (unpaired) electrons. The lowest BCUT2D eigenvalue weighted by Crippen LogP contribution is -2.29. The van der Waals surface area contributed by atoms with Crippen LogP contribution in [0, 0.1) is 17.5 Å². The van der Waals surface area contributed by atoms with Gasteiger partial charge in [-0.25, -0.2) is 22.2 Å². The van der Waals surface area contributed by atoms with Gasteiger partial charge in [0.15, 0.2) is 21.4 Å². The third-order valence-electron chi connectivity index (χ3n) is 7.20. The molecule has 14 heteroatoms. The van der Waals surface area contributed by atoms with Gasteiger partial charge in [-0.1, -0.05) is 18.2 Å². The fraction of sp³-hybridized carbons (Fsp3) is 0.258. The first-order valence-electron chi connectivity index (χ1n) is 13.6. The number of aromatic nitrogens is 1. The lowest BCUT2D eigenvalue weighted by Gasteiger charge is -2.33. The van der Waals surface area contributed by atoms with E-state index in [9.17, 15) is 22.0 Å². The molecular weight excluding hydrogens is 613 g/mol. The highest BCUT2D eigenvalue weighted by Crippen LogP contribution is 2.42. The van der Waals surface area contributed by atoms with Crippen molar-refractivity contribution in [3.05, 3.63) is 82.8 Å². The molecule has 0 aliphatic carbocycles. The number of carbonyl (C=O) groups is 1. The van der Waals surface area contributed by atoms with E-state index < -0.39 is 43.5 Å². The Hall–Kier alpha value is -4.69. The number of aryl methyl sites for hydroxylation is 1. The number of H-pyrrole nitrogens is 1. The zero-order valence-electron chi connectivity index (χ0n) is 24.6. The molecule has 1 aliphatic heterocycles. The number of nitrogens with one attached hydrogen (secondary N) is 1. The van der Waals surface area contributed by atoms with Crippen molar-refractivity contribution >= 4 is 39.2 Å². The number of amidine groups is 1. The highest BCUT2D eigenvalue weighted by molar-refractivity contribution is 7.91. The van der Waals surface area contributed by atoms with Gasteiger partial charge >= 0.3 is 0 Å². The Morgan fingerprint density at radius 2 is 1.93 bits per heavy atom. The third kappa shape index (κ3) is 6.71. The molecule has 0 saturated heterocycles. The molecule has 45 heavy (non-hydrogen) atoms. The lowest BCUT2D eigenvalue weighted by molar-refractivity contribution is -0.107. The number of aliphatic hydroxyl groups excluding tert-OH is 1. The Kier molecular flexibility index (Phi) is 9.98. The van der Waals surface area contributed by atoms with E-state index in [1.807, 2.05) is 25.1 Å². The van der Waals surface area contributed by atoms with Gasteiger partial charge in [0, 0.05) is 43.4 Å². The number of benzene rings is 3. The molecule has 5 rings (SSSR count). The van der Waals surface area contributed by atoms with E-state index in [-0.39, 0.29) is 28.1 Å². The SMILES string of the molecule is CC1(N=CN=C(N)c2cc(Oc3c(F)c(F)c4[nH]ccc4c3S(C)(=O)=O)ccc2F)CCOc2c(CCC=O)cccc21.CO. The van der Waals surface area contributed by atoms with Crippen molar-refractivity contribution in [1.29, 1.82) is 0 Å². The van der Waals surface area contributed by atoms with Crippen LogP contribution >= 0.6 is 0 Å². The molecule has 10 nitrogen and oxygen atoms in total. The molecule has 0 saturated carbocycles. The molecule has 3 aromatic carbocycles. The first-order chi connectivity index (χ1) is 21.4. The molecule has 0 amide bonds. The second-order valence-corrected chi connectivity index (χ2v) is 12.2. The van der Waals surface area contributed by atoms with E-state index in [1.54, 1.807) is 0 Å². The zero-order valence-corrected chi connectivity index (χ0v) is 25.4. The van der Waals surface area contributed by atoms with Crippen molar-refractivity contribution in [2.45, 2.75) is 36.6 Å². The third-order valence-corrected chi connectivity index (χ3v) is 8.34. The van der Waals surface area contributed by atoms with E-state index in [4.69, 9.17) is 20.3 Å². The summed E-state index contributed by atoms with van der Waals surface area (Å²) in [6.07, 6.45) is 5.55. The Balaban J connectivity index is 0.00000226. The normalized spacial score (nSPS) is 16.6. The number of nitrogens with zero attached hydrogens (tertiary/aromatic N) is 2. The zero-order chi connectivity index (χ0) is 32.9. The predicted molar refractivity (Wildman–Crippen MR) is 163 cm³/mol. The molecule has 1 atom stereocenters. The summed E-state index contributed by atoms with van der Waals surface area (Å²) in [7, 11) is -3.10. The monoisotopic (exact) mass is 644 g/mol. The van der Waals surface area contributed by atoms with Crippen molar-refractivity contribution in [1.82, 2.24) is 4.98 Å². The average molecular weight is 645 g/mol. The quantitative estimate of drug-likeness (QED) is 0.101. The Labute approximate surface area is 257 Å². The first kappa shape index (κ1) is 33.2. The number of nitrogens with two attached hydrogens (primary N) is 1. The van der Waals surface area contributed by atoms with Crippen molar-refractivity contribution < 1.29 is 41.0 Å². The second-order valence-electron chi connectivity index (χ2n) is 10.2. The molecule has 238 valence electrons. The van der Waals surface area contributed by atoms with Crippen LogP contribution in [0.1, 0.15) is 36.5 Å². The Morgan fingerprint density at radius 1 is 1.18 bits per heavy atom. The van der Waals surface area contributed by atoms with Crippen molar-refractivity contribution in [3.63, 3.8) is 0 Å². The topological polar surface area (TPSA) is 156 Å². The number of carbonyl (C=O) groups excluding carboxylic acids is 1. The Bertz CT molecular complexity index is 1910. The molecule has 2 heterocycles. The fourth-order valence-corrected chi connectivity index (χ4v) is 6.05. The van der Waals surface area contributed by atoms with Crippen molar-refractivity contribution in [2.24, 2.45) is 15.7 Å². The van der Waals surface area contributed by atoms with Crippen LogP contribution in [0.15, 0.2) is 63.5 Å². The molecule has 0 bridgehead atoms. The number of halogens is 3. The molecular formula is C31H31F3N4O6S. The first-order valence-corrected chi connectivity index (χ1v) is 15.5. The van der Waals surface area contributed by atoms with Gasteiger partial charge in [-0.3, -0.25) is 4.99 Å². The van der Waals surface area contributed by atoms with E-state index in [0.29, 0.717) is 31.6 Å². The van der Waals surface area contributed by atoms with Gasteiger partial charge in [0.1, 0.15) is 40.7 Å². The number of ether oxygens (including phenoxy) is 2. The molecule has 0 spiro atoms. The minimum atomic E-state index is -4.10. The summed E-state index contributed by atoms with van der Waals surface area (Å²) < 4.78 is 81.0. The molecule has 0 fully saturated rings. The van der Waals surface area contributed by atoms with Crippen LogP contribution in [-0.4, -0.2) is 56.9 Å². The van der Waals surface area contributed by atoms with Crippen LogP contribution in [0.5, 0.6) is 17.2 Å². The maximum Gasteiger partial charge on any atom is 0.204 e. The summed E-state index contributed by atoms with van der Waals surface area (Å²) >= 11 is 0. The average Bonchev–Trinajstić information content (AvgIpc) is 3.49. The predicted octanol–water partition coefficient (Wildman–Crippen LogP) is 4.95. The van der Waals surface area contributed by atoms with E-state index >= 15 is 4.39 Å². The van der Waals surface area contributed by atoms with E-state index in [1.165, 1.54) is 18.6 Å². The van der Waals surface area contributed by atoms with Gasteiger partial charge in [0.25, 0.3) is 0 Å². The highest BCUT2D eigenvalue weighted by Gasteiger charge is 2.34. The molecule has 4 N–H and O–H groups in total. The molecule has 1 unspecified atom stereocenters.